The van der Waals surface area contributed by atoms with Crippen LogP contribution in [0, 0.1) is 23.7 Å². The summed E-state index contributed by atoms with van der Waals surface area (Å²) in [6.45, 7) is 1.92. The second-order valence-electron chi connectivity index (χ2n) is 6.50. The van der Waals surface area contributed by atoms with Gasteiger partial charge >= 0.3 is 5.97 Å². The van der Waals surface area contributed by atoms with E-state index in [4.69, 9.17) is 5.11 Å². The van der Waals surface area contributed by atoms with Gasteiger partial charge in [0.15, 0.2) is 0 Å². The summed E-state index contributed by atoms with van der Waals surface area (Å²) in [6.07, 6.45) is 18.4. The first kappa shape index (κ1) is 18.8. The van der Waals surface area contributed by atoms with Gasteiger partial charge in [-0.25, -0.2) is 4.79 Å². The Hall–Kier alpha value is -1.23. The molecule has 0 bridgehead atoms. The van der Waals surface area contributed by atoms with E-state index in [1.165, 1.54) is 63.9 Å². The smallest absolute Gasteiger partial charge is 0.327 e. The summed E-state index contributed by atoms with van der Waals surface area (Å²) in [5.41, 5.74) is 0. The molecule has 0 saturated heterocycles. The van der Waals surface area contributed by atoms with Gasteiger partial charge in [0.1, 0.15) is 0 Å². The van der Waals surface area contributed by atoms with Gasteiger partial charge in [-0.2, -0.15) is 0 Å². The normalized spacial score (nSPS) is 21.0. The summed E-state index contributed by atoms with van der Waals surface area (Å²) in [5, 5.41) is 8.53. The van der Waals surface area contributed by atoms with Crippen molar-refractivity contribution in [3.63, 3.8) is 0 Å². The van der Waals surface area contributed by atoms with Gasteiger partial charge in [0.25, 0.3) is 0 Å². The predicted octanol–water partition coefficient (Wildman–Crippen LogP) is 5.58. The van der Waals surface area contributed by atoms with Crippen LogP contribution in [0.25, 0.3) is 0 Å². The van der Waals surface area contributed by atoms with E-state index in [1.54, 1.807) is 6.08 Å². The van der Waals surface area contributed by atoms with Crippen LogP contribution in [0.1, 0.15) is 84.0 Å². The average molecular weight is 304 g/mol. The number of hydrogen-bond acceptors (Lipinski definition) is 1. The molecular formula is C20H32O2. The van der Waals surface area contributed by atoms with Gasteiger partial charge in [-0.1, -0.05) is 57.4 Å². The maximum absolute atomic E-state index is 10.4. The van der Waals surface area contributed by atoms with E-state index in [1.807, 2.05) is 6.92 Å². The lowest BCUT2D eigenvalue weighted by molar-refractivity contribution is -0.131. The summed E-state index contributed by atoms with van der Waals surface area (Å²) in [5.74, 6) is 7.16. The molecular weight excluding hydrogens is 272 g/mol. The van der Waals surface area contributed by atoms with Gasteiger partial charge in [-0.05, 0) is 38.0 Å². The van der Waals surface area contributed by atoms with Crippen LogP contribution in [0.2, 0.25) is 0 Å². The second kappa shape index (κ2) is 12.3. The summed E-state index contributed by atoms with van der Waals surface area (Å²) < 4.78 is 0. The van der Waals surface area contributed by atoms with Crippen molar-refractivity contribution in [2.24, 2.45) is 11.8 Å². The lowest BCUT2D eigenvalue weighted by Gasteiger charge is -2.19. The van der Waals surface area contributed by atoms with E-state index in [2.05, 4.69) is 11.8 Å². The highest BCUT2D eigenvalue weighted by Gasteiger charge is 2.25. The third kappa shape index (κ3) is 8.93. The number of allylic oxidation sites excluding steroid dienone is 1. The highest BCUT2D eigenvalue weighted by atomic mass is 16.4. The first-order valence-electron chi connectivity index (χ1n) is 9.03. The lowest BCUT2D eigenvalue weighted by atomic mass is 9.87. The maximum atomic E-state index is 10.4. The molecule has 0 unspecified atom stereocenters. The first-order valence-corrected chi connectivity index (χ1v) is 9.03. The summed E-state index contributed by atoms with van der Waals surface area (Å²) in [7, 11) is 0. The van der Waals surface area contributed by atoms with Gasteiger partial charge in [-0.15, -0.1) is 11.8 Å². The van der Waals surface area contributed by atoms with Crippen LogP contribution in [0.15, 0.2) is 12.2 Å². The van der Waals surface area contributed by atoms with E-state index >= 15 is 0 Å². The Morgan fingerprint density at radius 1 is 1.09 bits per heavy atom. The van der Waals surface area contributed by atoms with Crippen molar-refractivity contribution < 1.29 is 9.90 Å². The highest BCUT2D eigenvalue weighted by Crippen LogP contribution is 2.38. The van der Waals surface area contributed by atoms with Crippen molar-refractivity contribution in [2.75, 3.05) is 0 Å². The Morgan fingerprint density at radius 3 is 2.41 bits per heavy atom. The van der Waals surface area contributed by atoms with E-state index < -0.39 is 5.97 Å². The van der Waals surface area contributed by atoms with Crippen LogP contribution in [-0.4, -0.2) is 11.1 Å². The SMILES string of the molecule is CC#CCCCCC[C@H]1CCC[C@@H]1CCCCC=CC(=O)O. The van der Waals surface area contributed by atoms with E-state index in [0.717, 1.165) is 31.1 Å². The van der Waals surface area contributed by atoms with Crippen molar-refractivity contribution in [2.45, 2.75) is 84.0 Å². The molecule has 1 aliphatic rings. The van der Waals surface area contributed by atoms with Crippen LogP contribution < -0.4 is 0 Å². The molecule has 0 amide bonds. The zero-order valence-electron chi connectivity index (χ0n) is 14.2. The summed E-state index contributed by atoms with van der Waals surface area (Å²) in [6, 6.07) is 0. The first-order chi connectivity index (χ1) is 10.7. The van der Waals surface area contributed by atoms with Gasteiger partial charge in [0, 0.05) is 12.5 Å². The third-order valence-electron chi connectivity index (χ3n) is 4.83. The Morgan fingerprint density at radius 2 is 1.77 bits per heavy atom. The minimum atomic E-state index is -0.833. The predicted molar refractivity (Wildman–Crippen MR) is 92.6 cm³/mol. The largest absolute Gasteiger partial charge is 0.478 e. The Labute approximate surface area is 136 Å². The standard InChI is InChI=1S/C20H32O2/c1-2-3-4-5-6-9-13-18-15-12-16-19(18)14-10-7-8-11-17-20(21)22/h11,17-19H,4-10,12-16H2,1H3,(H,21,22)/t18-,19-/m0/s1. The summed E-state index contributed by atoms with van der Waals surface area (Å²) in [4.78, 5) is 10.4. The quantitative estimate of drug-likeness (QED) is 0.307. The minimum absolute atomic E-state index is 0.833. The number of aliphatic carboxylic acids is 1. The van der Waals surface area contributed by atoms with Gasteiger partial charge in [-0.3, -0.25) is 0 Å². The molecule has 2 heteroatoms. The lowest BCUT2D eigenvalue weighted by Crippen LogP contribution is -2.08. The number of rotatable bonds is 11. The third-order valence-corrected chi connectivity index (χ3v) is 4.83. The molecule has 1 saturated carbocycles. The molecule has 0 radical (unpaired) electrons. The fourth-order valence-corrected chi connectivity index (χ4v) is 3.65. The topological polar surface area (TPSA) is 37.3 Å². The molecule has 2 nitrogen and oxygen atoms in total. The molecule has 0 aromatic heterocycles. The molecule has 0 heterocycles. The maximum Gasteiger partial charge on any atom is 0.327 e. The molecule has 22 heavy (non-hydrogen) atoms. The van der Waals surface area contributed by atoms with Crippen molar-refractivity contribution in [1.82, 2.24) is 0 Å². The zero-order valence-corrected chi connectivity index (χ0v) is 14.2. The molecule has 1 N–H and O–H groups in total. The van der Waals surface area contributed by atoms with Crippen LogP contribution in [-0.2, 0) is 4.79 Å². The number of carbonyl (C=O) groups is 1. The number of carboxylic acid groups (broad SMARTS) is 1. The van der Waals surface area contributed by atoms with Crippen LogP contribution >= 0.6 is 0 Å². The monoisotopic (exact) mass is 304 g/mol. The van der Waals surface area contributed by atoms with Crippen LogP contribution in [0.3, 0.4) is 0 Å². The van der Waals surface area contributed by atoms with E-state index in [0.29, 0.717) is 0 Å². The number of carboxylic acids is 1. The second-order valence-corrected chi connectivity index (χ2v) is 6.50. The fraction of sp³-hybridized carbons (Fsp3) is 0.750. The Kier molecular flexibility index (Phi) is 10.5. The number of unbranched alkanes of at least 4 members (excludes halogenated alkanes) is 5. The summed E-state index contributed by atoms with van der Waals surface area (Å²) >= 11 is 0. The molecule has 0 aliphatic heterocycles. The van der Waals surface area contributed by atoms with Gasteiger partial charge in [0.2, 0.25) is 0 Å². The molecule has 1 fully saturated rings. The van der Waals surface area contributed by atoms with E-state index in [-0.39, 0.29) is 0 Å². The van der Waals surface area contributed by atoms with Crippen molar-refractivity contribution in [3.8, 4) is 11.8 Å². The molecule has 1 aliphatic carbocycles. The van der Waals surface area contributed by atoms with Crippen molar-refractivity contribution in [3.05, 3.63) is 12.2 Å². The number of hydrogen-bond donors (Lipinski definition) is 1. The minimum Gasteiger partial charge on any atom is -0.478 e. The van der Waals surface area contributed by atoms with Crippen molar-refractivity contribution >= 4 is 5.97 Å². The average Bonchev–Trinajstić information content (AvgIpc) is 2.93. The molecule has 2 atom stereocenters. The van der Waals surface area contributed by atoms with Gasteiger partial charge in [0.05, 0.1) is 0 Å². The molecule has 124 valence electrons. The zero-order chi connectivity index (χ0) is 16.0. The van der Waals surface area contributed by atoms with Crippen LogP contribution in [0.4, 0.5) is 0 Å². The van der Waals surface area contributed by atoms with E-state index in [9.17, 15) is 4.79 Å². The molecule has 0 aromatic rings. The fourth-order valence-electron chi connectivity index (χ4n) is 3.65. The highest BCUT2D eigenvalue weighted by molar-refractivity contribution is 5.79. The molecule has 1 rings (SSSR count). The molecule has 0 aromatic carbocycles. The molecule has 0 spiro atoms. The van der Waals surface area contributed by atoms with Crippen molar-refractivity contribution in [1.29, 1.82) is 0 Å². The Bertz CT molecular complexity index is 386. The Balaban J connectivity index is 2.07. The van der Waals surface area contributed by atoms with Gasteiger partial charge < -0.3 is 5.11 Å². The van der Waals surface area contributed by atoms with Crippen LogP contribution in [0.5, 0.6) is 0 Å².